The van der Waals surface area contributed by atoms with Crippen LogP contribution in [0.3, 0.4) is 0 Å². The van der Waals surface area contributed by atoms with Crippen molar-refractivity contribution in [1.82, 2.24) is 4.90 Å². The number of benzene rings is 3. The first-order valence-electron chi connectivity index (χ1n) is 14.6. The van der Waals surface area contributed by atoms with Crippen LogP contribution < -0.4 is 0 Å². The van der Waals surface area contributed by atoms with Crippen molar-refractivity contribution in [1.29, 1.82) is 0 Å². The molecule has 238 valence electrons. The summed E-state index contributed by atoms with van der Waals surface area (Å²) in [7, 11) is 0. The number of alkyl halides is 6. The average Bonchev–Trinajstić information content (AvgIpc) is 2.95. The van der Waals surface area contributed by atoms with E-state index in [-0.39, 0.29) is 35.2 Å². The first-order valence-corrected chi connectivity index (χ1v) is 14.6. The minimum atomic E-state index is -4.47. The molecule has 1 N–H and O–H groups in total. The van der Waals surface area contributed by atoms with Crippen LogP contribution in [0.1, 0.15) is 92.1 Å². The molecule has 0 bridgehead atoms. The van der Waals surface area contributed by atoms with E-state index >= 15 is 0 Å². The standard InChI is InChI=1S/C34H37F6NO2.Cr/c1-4-31(23-9-13-29(14-10-23)34(38,39)40)41-15-5-6-24(20-41)26-17-25(22-7-11-28(12-8-22)33(35,36)37)18-27(19-26)30(32(42)43)16-21(2)3;/h7-14,17-19,21,24,30-31H,4-6,15-16,20H2,1-3H3,(H,42,43);/t24?,30-,31?;/m1./s1. The van der Waals surface area contributed by atoms with Crippen molar-refractivity contribution < 1.29 is 53.6 Å². The van der Waals surface area contributed by atoms with E-state index in [1.165, 1.54) is 24.3 Å². The summed E-state index contributed by atoms with van der Waals surface area (Å²) in [6.07, 6.45) is -6.09. The van der Waals surface area contributed by atoms with Gasteiger partial charge in [-0.2, -0.15) is 26.3 Å². The Morgan fingerprint density at radius 3 is 1.93 bits per heavy atom. The Morgan fingerprint density at radius 1 is 0.864 bits per heavy atom. The summed E-state index contributed by atoms with van der Waals surface area (Å²) in [5, 5.41) is 10.1. The molecule has 1 saturated heterocycles. The fourth-order valence-electron chi connectivity index (χ4n) is 6.14. The molecule has 2 unspecified atom stereocenters. The van der Waals surface area contributed by atoms with Gasteiger partial charge in [0.25, 0.3) is 0 Å². The Labute approximate surface area is 265 Å². The number of halogens is 6. The minimum Gasteiger partial charge on any atom is -0.481 e. The first kappa shape index (κ1) is 35.7. The minimum absolute atomic E-state index is 0. The van der Waals surface area contributed by atoms with E-state index in [0.29, 0.717) is 36.1 Å². The Balaban J connectivity index is 0.00000529. The summed E-state index contributed by atoms with van der Waals surface area (Å²) < 4.78 is 79.1. The van der Waals surface area contributed by atoms with Crippen molar-refractivity contribution in [3.63, 3.8) is 0 Å². The Morgan fingerprint density at radius 2 is 1.43 bits per heavy atom. The van der Waals surface area contributed by atoms with Gasteiger partial charge in [0.1, 0.15) is 0 Å². The number of rotatable bonds is 9. The molecule has 1 aliphatic heterocycles. The van der Waals surface area contributed by atoms with E-state index in [1.807, 2.05) is 32.9 Å². The summed E-state index contributed by atoms with van der Waals surface area (Å²) in [5.41, 5.74) is 2.10. The zero-order valence-corrected chi connectivity index (χ0v) is 26.2. The van der Waals surface area contributed by atoms with Crippen molar-refractivity contribution in [2.24, 2.45) is 5.92 Å². The van der Waals surface area contributed by atoms with Crippen LogP contribution in [0, 0.1) is 5.92 Å². The van der Waals surface area contributed by atoms with E-state index in [0.717, 1.165) is 54.8 Å². The molecule has 3 aromatic carbocycles. The van der Waals surface area contributed by atoms with Crippen LogP contribution >= 0.6 is 0 Å². The van der Waals surface area contributed by atoms with Crippen LogP contribution in [0.4, 0.5) is 26.3 Å². The smallest absolute Gasteiger partial charge is 0.416 e. The number of carbonyl (C=O) groups is 1. The Bertz CT molecular complexity index is 1390. The van der Waals surface area contributed by atoms with E-state index in [2.05, 4.69) is 4.90 Å². The number of piperidine rings is 1. The zero-order valence-electron chi connectivity index (χ0n) is 24.9. The van der Waals surface area contributed by atoms with Gasteiger partial charge < -0.3 is 5.11 Å². The largest absolute Gasteiger partial charge is 0.481 e. The van der Waals surface area contributed by atoms with Crippen molar-refractivity contribution in [3.8, 4) is 11.1 Å². The number of aliphatic carboxylic acids is 1. The molecule has 1 fully saturated rings. The van der Waals surface area contributed by atoms with Gasteiger partial charge in [0.2, 0.25) is 0 Å². The van der Waals surface area contributed by atoms with E-state index < -0.39 is 35.4 Å². The van der Waals surface area contributed by atoms with Crippen LogP contribution in [0.2, 0.25) is 0 Å². The second kappa shape index (κ2) is 14.5. The molecule has 44 heavy (non-hydrogen) atoms. The topological polar surface area (TPSA) is 40.5 Å². The predicted molar refractivity (Wildman–Crippen MR) is 155 cm³/mol. The Hall–Kier alpha value is -2.80. The van der Waals surface area contributed by atoms with Crippen molar-refractivity contribution in [2.75, 3.05) is 13.1 Å². The second-order valence-corrected chi connectivity index (χ2v) is 11.9. The summed E-state index contributed by atoms with van der Waals surface area (Å²) in [6, 6.07) is 15.7. The molecule has 0 amide bonds. The first-order chi connectivity index (χ1) is 20.2. The summed E-state index contributed by atoms with van der Waals surface area (Å²) >= 11 is 0. The maximum absolute atomic E-state index is 13.2. The number of carboxylic acid groups (broad SMARTS) is 1. The molecule has 10 heteroatoms. The van der Waals surface area contributed by atoms with Crippen LogP contribution in [0.5, 0.6) is 0 Å². The van der Waals surface area contributed by atoms with Crippen LogP contribution in [-0.4, -0.2) is 29.1 Å². The van der Waals surface area contributed by atoms with Gasteiger partial charge in [0.15, 0.2) is 0 Å². The van der Waals surface area contributed by atoms with Crippen molar-refractivity contribution in [3.05, 3.63) is 94.5 Å². The average molecular weight is 658 g/mol. The molecule has 3 atom stereocenters. The monoisotopic (exact) mass is 657 g/mol. The predicted octanol–water partition coefficient (Wildman–Crippen LogP) is 9.93. The van der Waals surface area contributed by atoms with Gasteiger partial charge in [-0.25, -0.2) is 0 Å². The van der Waals surface area contributed by atoms with Gasteiger partial charge in [-0.15, -0.1) is 0 Å². The number of carboxylic acids is 1. The molecular weight excluding hydrogens is 620 g/mol. The quantitative estimate of drug-likeness (QED) is 0.233. The molecule has 0 saturated carbocycles. The van der Waals surface area contributed by atoms with Crippen molar-refractivity contribution in [2.45, 2.75) is 76.7 Å². The normalized spacial score (nSPS) is 17.6. The third kappa shape index (κ3) is 8.68. The van der Waals surface area contributed by atoms with Crippen LogP contribution in [0.25, 0.3) is 11.1 Å². The molecule has 0 radical (unpaired) electrons. The fraction of sp³-hybridized carbons (Fsp3) is 0.441. The maximum Gasteiger partial charge on any atom is 0.416 e. The van der Waals surface area contributed by atoms with Crippen LogP contribution in [0.15, 0.2) is 66.7 Å². The summed E-state index contributed by atoms with van der Waals surface area (Å²) in [5.74, 6) is -1.61. The summed E-state index contributed by atoms with van der Waals surface area (Å²) in [6.45, 7) is 7.28. The van der Waals surface area contributed by atoms with Gasteiger partial charge in [0, 0.05) is 29.9 Å². The number of hydrogen-bond donors (Lipinski definition) is 1. The maximum atomic E-state index is 13.2. The third-order valence-electron chi connectivity index (χ3n) is 8.31. The van der Waals surface area contributed by atoms with Crippen LogP contribution in [-0.2, 0) is 34.5 Å². The fourth-order valence-corrected chi connectivity index (χ4v) is 6.14. The van der Waals surface area contributed by atoms with Gasteiger partial charge in [-0.3, -0.25) is 9.69 Å². The SMILES string of the molecule is CCC(c1ccc(C(F)(F)F)cc1)N1CCCC(c2cc(-c3ccc(C(F)(F)F)cc3)cc([C@@H](CC(C)C)C(=O)O)c2)C1.[Cr]. The van der Waals surface area contributed by atoms with Gasteiger partial charge >= 0.3 is 18.3 Å². The zero-order chi connectivity index (χ0) is 31.5. The van der Waals surface area contributed by atoms with Crippen molar-refractivity contribution >= 4 is 5.97 Å². The molecule has 4 rings (SSSR count). The molecule has 3 aromatic rings. The molecule has 3 nitrogen and oxygen atoms in total. The number of hydrogen-bond acceptors (Lipinski definition) is 2. The molecule has 1 heterocycles. The third-order valence-corrected chi connectivity index (χ3v) is 8.31. The summed E-state index contributed by atoms with van der Waals surface area (Å²) in [4.78, 5) is 14.6. The van der Waals surface area contributed by atoms with E-state index in [9.17, 15) is 36.2 Å². The second-order valence-electron chi connectivity index (χ2n) is 11.9. The van der Waals surface area contributed by atoms with Gasteiger partial charge in [-0.05, 0) is 96.1 Å². The van der Waals surface area contributed by atoms with Gasteiger partial charge in [0.05, 0.1) is 17.0 Å². The van der Waals surface area contributed by atoms with E-state index in [1.54, 1.807) is 6.07 Å². The Kier molecular flexibility index (Phi) is 11.8. The molecule has 0 spiro atoms. The number of nitrogens with zero attached hydrogens (tertiary/aromatic N) is 1. The number of likely N-dealkylation sites (tertiary alicyclic amines) is 1. The molecular formula is C34H37CrF6NO2. The molecule has 0 aromatic heterocycles. The molecule has 0 aliphatic carbocycles. The van der Waals surface area contributed by atoms with E-state index in [4.69, 9.17) is 0 Å². The molecule has 1 aliphatic rings. The van der Waals surface area contributed by atoms with Gasteiger partial charge in [-0.1, -0.05) is 63.2 Å².